The first-order chi connectivity index (χ1) is 8.56. The normalized spacial score (nSPS) is 12.6. The van der Waals surface area contributed by atoms with Gasteiger partial charge in [0.25, 0.3) is 0 Å². The molecule has 1 heterocycles. The number of benzene rings is 1. The van der Waals surface area contributed by atoms with Gasteiger partial charge in [-0.25, -0.2) is 9.37 Å². The van der Waals surface area contributed by atoms with Gasteiger partial charge >= 0.3 is 0 Å². The molecule has 1 atom stereocenters. The van der Waals surface area contributed by atoms with Gasteiger partial charge in [-0.05, 0) is 31.5 Å². The van der Waals surface area contributed by atoms with E-state index < -0.39 is 0 Å². The maximum Gasteiger partial charge on any atom is 0.146 e. The molecular formula is C13H16FN3S. The van der Waals surface area contributed by atoms with E-state index in [4.69, 9.17) is 5.73 Å². The monoisotopic (exact) mass is 265 g/mol. The van der Waals surface area contributed by atoms with Gasteiger partial charge in [0.15, 0.2) is 0 Å². The summed E-state index contributed by atoms with van der Waals surface area (Å²) in [6.45, 7) is 4.62. The van der Waals surface area contributed by atoms with Gasteiger partial charge in [0.1, 0.15) is 10.8 Å². The van der Waals surface area contributed by atoms with Crippen LogP contribution in [0.25, 0.3) is 0 Å². The lowest BCUT2D eigenvalue weighted by Crippen LogP contribution is -2.18. The molecule has 3 nitrogen and oxygen atoms in total. The summed E-state index contributed by atoms with van der Waals surface area (Å²) >= 11 is 1.63. The fourth-order valence-corrected chi connectivity index (χ4v) is 2.44. The molecule has 0 amide bonds. The second-order valence-corrected chi connectivity index (χ2v) is 5.18. The molecule has 0 aliphatic heterocycles. The first-order valence-electron chi connectivity index (χ1n) is 5.75. The third-order valence-electron chi connectivity index (χ3n) is 2.68. The first-order valence-corrected chi connectivity index (χ1v) is 6.63. The van der Waals surface area contributed by atoms with Gasteiger partial charge in [-0.2, -0.15) is 0 Å². The van der Waals surface area contributed by atoms with Crippen LogP contribution in [-0.2, 0) is 6.54 Å². The van der Waals surface area contributed by atoms with Crippen LogP contribution >= 0.6 is 11.3 Å². The number of thiazole rings is 1. The van der Waals surface area contributed by atoms with Gasteiger partial charge in [0, 0.05) is 17.6 Å². The van der Waals surface area contributed by atoms with Crippen molar-refractivity contribution in [3.05, 3.63) is 45.7 Å². The maximum absolute atomic E-state index is 13.3. The lowest BCUT2D eigenvalue weighted by atomic mass is 10.2. The summed E-state index contributed by atoms with van der Waals surface area (Å²) in [5.41, 5.74) is 7.52. The minimum atomic E-state index is -0.368. The van der Waals surface area contributed by atoms with Gasteiger partial charge in [0.2, 0.25) is 0 Å². The highest BCUT2D eigenvalue weighted by Crippen LogP contribution is 2.18. The Morgan fingerprint density at radius 1 is 1.50 bits per heavy atom. The SMILES string of the molecule is Cc1csc(C(C)NCc2ccc(N)c(F)c2)n1. The van der Waals surface area contributed by atoms with Crippen LogP contribution in [0.3, 0.4) is 0 Å². The van der Waals surface area contributed by atoms with Gasteiger partial charge < -0.3 is 11.1 Å². The van der Waals surface area contributed by atoms with Crippen molar-refractivity contribution < 1.29 is 4.39 Å². The standard InChI is InChI=1S/C13H16FN3S/c1-8-7-18-13(17-8)9(2)16-6-10-3-4-12(15)11(14)5-10/h3-5,7,9,16H,6,15H2,1-2H3. The van der Waals surface area contributed by atoms with Crippen molar-refractivity contribution in [3.63, 3.8) is 0 Å². The Morgan fingerprint density at radius 3 is 2.89 bits per heavy atom. The molecule has 2 rings (SSSR count). The molecule has 1 aromatic carbocycles. The molecule has 0 bridgehead atoms. The van der Waals surface area contributed by atoms with Crippen molar-refractivity contribution in [2.24, 2.45) is 0 Å². The number of nitrogens with one attached hydrogen (secondary N) is 1. The van der Waals surface area contributed by atoms with Crippen molar-refractivity contribution >= 4 is 17.0 Å². The fraction of sp³-hybridized carbons (Fsp3) is 0.308. The Hall–Kier alpha value is -1.46. The van der Waals surface area contributed by atoms with Crippen LogP contribution < -0.4 is 11.1 Å². The molecular weight excluding hydrogens is 249 g/mol. The first kappa shape index (κ1) is 13.0. The zero-order chi connectivity index (χ0) is 13.1. The Morgan fingerprint density at radius 2 is 2.28 bits per heavy atom. The average Bonchev–Trinajstić information content (AvgIpc) is 2.77. The zero-order valence-electron chi connectivity index (χ0n) is 10.4. The summed E-state index contributed by atoms with van der Waals surface area (Å²) in [5, 5.41) is 6.38. The molecule has 0 fully saturated rings. The minimum Gasteiger partial charge on any atom is -0.396 e. The smallest absolute Gasteiger partial charge is 0.146 e. The van der Waals surface area contributed by atoms with E-state index in [-0.39, 0.29) is 17.5 Å². The highest BCUT2D eigenvalue weighted by molar-refractivity contribution is 7.09. The molecule has 0 spiro atoms. The number of hydrogen-bond acceptors (Lipinski definition) is 4. The Kier molecular flexibility index (Phi) is 3.93. The predicted molar refractivity (Wildman–Crippen MR) is 72.9 cm³/mol. The summed E-state index contributed by atoms with van der Waals surface area (Å²) in [5.74, 6) is -0.368. The number of aromatic nitrogens is 1. The molecule has 2 aromatic rings. The van der Waals surface area contributed by atoms with Gasteiger partial charge in [-0.15, -0.1) is 11.3 Å². The highest BCUT2D eigenvalue weighted by Gasteiger charge is 2.09. The van der Waals surface area contributed by atoms with Gasteiger partial charge in [-0.3, -0.25) is 0 Å². The van der Waals surface area contributed by atoms with Crippen molar-refractivity contribution in [1.82, 2.24) is 10.3 Å². The van der Waals surface area contributed by atoms with Crippen LogP contribution in [0, 0.1) is 12.7 Å². The van der Waals surface area contributed by atoms with E-state index in [0.29, 0.717) is 6.54 Å². The fourth-order valence-electron chi connectivity index (χ4n) is 1.61. The van der Waals surface area contributed by atoms with E-state index in [0.717, 1.165) is 16.3 Å². The number of anilines is 1. The van der Waals surface area contributed by atoms with E-state index in [9.17, 15) is 4.39 Å². The topological polar surface area (TPSA) is 50.9 Å². The van der Waals surface area contributed by atoms with Crippen LogP contribution in [0.1, 0.15) is 29.2 Å². The molecule has 1 unspecified atom stereocenters. The average molecular weight is 265 g/mol. The van der Waals surface area contributed by atoms with Crippen LogP contribution in [0.5, 0.6) is 0 Å². The second-order valence-electron chi connectivity index (χ2n) is 4.29. The molecule has 0 saturated carbocycles. The molecule has 0 aliphatic rings. The Bertz CT molecular complexity index is 539. The van der Waals surface area contributed by atoms with E-state index in [1.54, 1.807) is 17.4 Å². The summed E-state index contributed by atoms with van der Waals surface area (Å²) in [6.07, 6.45) is 0. The quantitative estimate of drug-likeness (QED) is 0.835. The lowest BCUT2D eigenvalue weighted by molar-refractivity contribution is 0.566. The predicted octanol–water partition coefficient (Wildman–Crippen LogP) is 3.02. The number of nitrogens with two attached hydrogens (primary N) is 1. The van der Waals surface area contributed by atoms with Crippen LogP contribution in [-0.4, -0.2) is 4.98 Å². The maximum atomic E-state index is 13.3. The number of nitrogens with zero attached hydrogens (tertiary/aromatic N) is 1. The van der Waals surface area contributed by atoms with Crippen molar-refractivity contribution in [3.8, 4) is 0 Å². The van der Waals surface area contributed by atoms with E-state index in [1.165, 1.54) is 6.07 Å². The third-order valence-corrected chi connectivity index (χ3v) is 3.83. The molecule has 0 saturated heterocycles. The summed E-state index contributed by atoms with van der Waals surface area (Å²) < 4.78 is 13.3. The zero-order valence-corrected chi connectivity index (χ0v) is 11.2. The number of rotatable bonds is 4. The van der Waals surface area contributed by atoms with E-state index in [2.05, 4.69) is 10.3 Å². The number of halogens is 1. The Balaban J connectivity index is 1.97. The molecule has 18 heavy (non-hydrogen) atoms. The lowest BCUT2D eigenvalue weighted by Gasteiger charge is -2.11. The number of nitrogen functional groups attached to an aromatic ring is 1. The van der Waals surface area contributed by atoms with Crippen LogP contribution in [0.15, 0.2) is 23.6 Å². The number of aryl methyl sites for hydroxylation is 1. The summed E-state index contributed by atoms with van der Waals surface area (Å²) in [7, 11) is 0. The summed E-state index contributed by atoms with van der Waals surface area (Å²) in [6, 6.07) is 5.03. The third kappa shape index (κ3) is 3.05. The van der Waals surface area contributed by atoms with E-state index >= 15 is 0 Å². The van der Waals surface area contributed by atoms with Crippen LogP contribution in [0.2, 0.25) is 0 Å². The second kappa shape index (κ2) is 5.46. The highest BCUT2D eigenvalue weighted by atomic mass is 32.1. The molecule has 0 radical (unpaired) electrons. The van der Waals surface area contributed by atoms with Crippen molar-refractivity contribution in [2.75, 3.05) is 5.73 Å². The molecule has 1 aromatic heterocycles. The van der Waals surface area contributed by atoms with Crippen LogP contribution in [0.4, 0.5) is 10.1 Å². The van der Waals surface area contributed by atoms with Crippen molar-refractivity contribution in [1.29, 1.82) is 0 Å². The largest absolute Gasteiger partial charge is 0.396 e. The molecule has 96 valence electrons. The Labute approximate surface area is 110 Å². The van der Waals surface area contributed by atoms with E-state index in [1.807, 2.05) is 25.3 Å². The van der Waals surface area contributed by atoms with Gasteiger partial charge in [-0.1, -0.05) is 6.07 Å². The van der Waals surface area contributed by atoms with Gasteiger partial charge in [0.05, 0.1) is 11.7 Å². The minimum absolute atomic E-state index is 0.157. The molecule has 3 N–H and O–H groups in total. The number of hydrogen-bond donors (Lipinski definition) is 2. The molecule has 5 heteroatoms. The molecule has 0 aliphatic carbocycles. The summed E-state index contributed by atoms with van der Waals surface area (Å²) in [4.78, 5) is 4.42. The van der Waals surface area contributed by atoms with Crippen molar-refractivity contribution in [2.45, 2.75) is 26.4 Å².